The van der Waals surface area contributed by atoms with Crippen molar-refractivity contribution in [3.05, 3.63) is 58.3 Å². The summed E-state index contributed by atoms with van der Waals surface area (Å²) in [7, 11) is 0. The molecular formula is C23H26F2N4O2. The highest BCUT2D eigenvalue weighted by atomic mass is 19.1. The van der Waals surface area contributed by atoms with E-state index in [9.17, 15) is 18.4 Å². The predicted octanol–water partition coefficient (Wildman–Crippen LogP) is 2.93. The summed E-state index contributed by atoms with van der Waals surface area (Å²) in [5.74, 6) is -2.50. The highest BCUT2D eigenvalue weighted by Gasteiger charge is 2.33. The molecule has 0 saturated carbocycles. The van der Waals surface area contributed by atoms with Gasteiger partial charge in [0.1, 0.15) is 23.0 Å². The second kappa shape index (κ2) is 8.24. The second-order valence-corrected chi connectivity index (χ2v) is 8.49. The lowest BCUT2D eigenvalue weighted by atomic mass is 9.94. The van der Waals surface area contributed by atoms with Crippen molar-refractivity contribution in [3.8, 4) is 0 Å². The molecule has 0 spiro atoms. The molecule has 2 aliphatic heterocycles. The number of anilines is 1. The van der Waals surface area contributed by atoms with E-state index in [2.05, 4.69) is 21.3 Å². The topological polar surface area (TPSA) is 65.5 Å². The Morgan fingerprint density at radius 3 is 2.29 bits per heavy atom. The maximum Gasteiger partial charge on any atom is 0.259 e. The number of amides is 2. The average molecular weight is 428 g/mol. The smallest absolute Gasteiger partial charge is 0.259 e. The quantitative estimate of drug-likeness (QED) is 0.817. The summed E-state index contributed by atoms with van der Waals surface area (Å²) in [6.07, 6.45) is 2.27. The van der Waals surface area contributed by atoms with E-state index in [1.165, 1.54) is 4.90 Å². The minimum Gasteiger partial charge on any atom is -0.353 e. The van der Waals surface area contributed by atoms with Gasteiger partial charge in [-0.2, -0.15) is 0 Å². The molecule has 4 rings (SSSR count). The van der Waals surface area contributed by atoms with Gasteiger partial charge in [0.25, 0.3) is 5.91 Å². The van der Waals surface area contributed by atoms with Crippen molar-refractivity contribution in [3.63, 3.8) is 0 Å². The third kappa shape index (κ3) is 4.11. The lowest BCUT2D eigenvalue weighted by molar-refractivity contribution is -0.120. The predicted molar refractivity (Wildman–Crippen MR) is 113 cm³/mol. The molecule has 3 heterocycles. The van der Waals surface area contributed by atoms with Crippen molar-refractivity contribution in [2.24, 2.45) is 0 Å². The Balaban J connectivity index is 1.48. The van der Waals surface area contributed by atoms with Crippen LogP contribution in [0.5, 0.6) is 0 Å². The summed E-state index contributed by atoms with van der Waals surface area (Å²) in [6.45, 7) is 7.57. The number of aryl methyl sites for hydroxylation is 2. The van der Waals surface area contributed by atoms with Gasteiger partial charge in [-0.05, 0) is 56.0 Å². The lowest BCUT2D eigenvalue weighted by Crippen LogP contribution is -2.49. The molecule has 31 heavy (non-hydrogen) atoms. The van der Waals surface area contributed by atoms with Gasteiger partial charge >= 0.3 is 0 Å². The monoisotopic (exact) mass is 428 g/mol. The van der Waals surface area contributed by atoms with Crippen molar-refractivity contribution in [1.82, 2.24) is 15.2 Å². The third-order valence-electron chi connectivity index (χ3n) is 6.03. The Bertz CT molecular complexity index is 1010. The van der Waals surface area contributed by atoms with Gasteiger partial charge in [-0.1, -0.05) is 6.07 Å². The van der Waals surface area contributed by atoms with Gasteiger partial charge in [-0.15, -0.1) is 0 Å². The lowest BCUT2D eigenvalue weighted by Gasteiger charge is -2.36. The van der Waals surface area contributed by atoms with Crippen molar-refractivity contribution >= 4 is 17.6 Å². The van der Waals surface area contributed by atoms with Crippen LogP contribution in [0.15, 0.2) is 24.4 Å². The van der Waals surface area contributed by atoms with Crippen LogP contribution < -0.4 is 10.2 Å². The summed E-state index contributed by atoms with van der Waals surface area (Å²) in [5.41, 5.74) is 1.83. The zero-order chi connectivity index (χ0) is 22.3. The molecule has 2 amide bonds. The molecule has 2 aromatic rings. The van der Waals surface area contributed by atoms with Gasteiger partial charge in [0.05, 0.1) is 5.92 Å². The molecule has 2 aliphatic rings. The molecule has 2 atom stereocenters. The van der Waals surface area contributed by atoms with Crippen LogP contribution in [0, 0.1) is 25.5 Å². The van der Waals surface area contributed by atoms with Crippen LogP contribution in [-0.2, 0) is 4.79 Å². The molecule has 6 nitrogen and oxygen atoms in total. The first-order chi connectivity index (χ1) is 14.7. The Kier molecular flexibility index (Phi) is 5.64. The molecule has 1 aromatic carbocycles. The molecule has 1 unspecified atom stereocenters. The largest absolute Gasteiger partial charge is 0.353 e. The van der Waals surface area contributed by atoms with E-state index >= 15 is 0 Å². The Morgan fingerprint density at radius 1 is 1.10 bits per heavy atom. The molecule has 164 valence electrons. The van der Waals surface area contributed by atoms with Crippen molar-refractivity contribution in [1.29, 1.82) is 0 Å². The number of piperazine rings is 1. The molecular weight excluding hydrogens is 402 g/mol. The average Bonchev–Trinajstić information content (AvgIpc) is 3.05. The molecule has 2 saturated heterocycles. The maximum absolute atomic E-state index is 14.8. The minimum absolute atomic E-state index is 0.0483. The molecule has 0 aliphatic carbocycles. The number of nitrogens with one attached hydrogen (secondary N) is 1. The van der Waals surface area contributed by atoms with E-state index in [1.807, 2.05) is 20.8 Å². The number of benzene rings is 1. The second-order valence-electron chi connectivity index (χ2n) is 8.49. The van der Waals surface area contributed by atoms with Crippen molar-refractivity contribution < 1.29 is 18.4 Å². The standard InChI is InChI=1S/C23H26F2N4O2/c1-13-8-14(2)21(26-12-13)28-4-6-29(7-5-28)23(31)20-18(24)10-16(11-19(20)25)17-9-15(3)27-22(17)30/h8,10-12,15,17H,4-7,9H2,1-3H3,(H,27,30)/t15?,17-/m0/s1. The number of carbonyl (C=O) groups is 2. The number of nitrogens with zero attached hydrogens (tertiary/aromatic N) is 3. The zero-order valence-electron chi connectivity index (χ0n) is 17.9. The van der Waals surface area contributed by atoms with Gasteiger partial charge in [-0.25, -0.2) is 13.8 Å². The number of halogens is 2. The van der Waals surface area contributed by atoms with Crippen LogP contribution in [0.3, 0.4) is 0 Å². The molecule has 1 N–H and O–H groups in total. The number of hydrogen-bond donors (Lipinski definition) is 1. The van der Waals surface area contributed by atoms with Gasteiger partial charge in [0, 0.05) is 38.4 Å². The Hall–Kier alpha value is -3.03. The fraction of sp³-hybridized carbons (Fsp3) is 0.435. The van der Waals surface area contributed by atoms with Crippen LogP contribution in [0.2, 0.25) is 0 Å². The van der Waals surface area contributed by atoms with E-state index < -0.39 is 29.0 Å². The number of rotatable bonds is 3. The maximum atomic E-state index is 14.8. The number of aromatic nitrogens is 1. The summed E-state index contributed by atoms with van der Waals surface area (Å²) in [6, 6.07) is 4.24. The highest BCUT2D eigenvalue weighted by molar-refractivity contribution is 5.95. The van der Waals surface area contributed by atoms with E-state index in [-0.39, 0.29) is 17.5 Å². The first kappa shape index (κ1) is 21.2. The number of pyridine rings is 1. The highest BCUT2D eigenvalue weighted by Crippen LogP contribution is 2.30. The van der Waals surface area contributed by atoms with Crippen LogP contribution in [-0.4, -0.2) is 53.9 Å². The fourth-order valence-corrected chi connectivity index (χ4v) is 4.47. The van der Waals surface area contributed by atoms with Gasteiger partial charge < -0.3 is 15.1 Å². The molecule has 1 aromatic heterocycles. The number of carbonyl (C=O) groups excluding carboxylic acids is 2. The van der Waals surface area contributed by atoms with Crippen LogP contribution in [0.25, 0.3) is 0 Å². The van der Waals surface area contributed by atoms with E-state index in [4.69, 9.17) is 0 Å². The van der Waals surface area contributed by atoms with Crippen LogP contribution >= 0.6 is 0 Å². The molecule has 0 bridgehead atoms. The Labute approximate surface area is 180 Å². The number of hydrogen-bond acceptors (Lipinski definition) is 4. The van der Waals surface area contributed by atoms with E-state index in [0.717, 1.165) is 29.1 Å². The van der Waals surface area contributed by atoms with Crippen molar-refractivity contribution in [2.75, 3.05) is 31.1 Å². The molecule has 8 heteroatoms. The Morgan fingerprint density at radius 2 is 1.74 bits per heavy atom. The third-order valence-corrected chi connectivity index (χ3v) is 6.03. The van der Waals surface area contributed by atoms with Gasteiger partial charge in [0.15, 0.2) is 0 Å². The van der Waals surface area contributed by atoms with E-state index in [0.29, 0.717) is 32.6 Å². The SMILES string of the molecule is Cc1cnc(N2CCN(C(=O)c3c(F)cc([C@@H]4CC(C)NC4=O)cc3F)CC2)c(C)c1. The summed E-state index contributed by atoms with van der Waals surface area (Å²) in [4.78, 5) is 32.9. The van der Waals surface area contributed by atoms with Gasteiger partial charge in [-0.3, -0.25) is 9.59 Å². The zero-order valence-corrected chi connectivity index (χ0v) is 17.9. The van der Waals surface area contributed by atoms with Crippen LogP contribution in [0.4, 0.5) is 14.6 Å². The molecule has 0 radical (unpaired) electrons. The van der Waals surface area contributed by atoms with Crippen LogP contribution in [0.1, 0.15) is 46.3 Å². The first-order valence-corrected chi connectivity index (χ1v) is 10.5. The molecule has 2 fully saturated rings. The summed E-state index contributed by atoms with van der Waals surface area (Å²) in [5, 5.41) is 2.75. The van der Waals surface area contributed by atoms with Gasteiger partial charge in [0.2, 0.25) is 5.91 Å². The van der Waals surface area contributed by atoms with E-state index in [1.54, 1.807) is 6.20 Å². The minimum atomic E-state index is -0.925. The van der Waals surface area contributed by atoms with Crippen molar-refractivity contribution in [2.45, 2.75) is 39.2 Å². The summed E-state index contributed by atoms with van der Waals surface area (Å²) < 4.78 is 29.6. The fourth-order valence-electron chi connectivity index (χ4n) is 4.47. The normalized spacial score (nSPS) is 21.4. The summed E-state index contributed by atoms with van der Waals surface area (Å²) >= 11 is 0. The first-order valence-electron chi connectivity index (χ1n) is 10.5.